The van der Waals surface area contributed by atoms with Crippen molar-refractivity contribution >= 4 is 5.97 Å². The van der Waals surface area contributed by atoms with Crippen LogP contribution in [0.4, 0.5) is 8.78 Å². The van der Waals surface area contributed by atoms with Crippen molar-refractivity contribution in [1.29, 1.82) is 5.26 Å². The summed E-state index contributed by atoms with van der Waals surface area (Å²) >= 11 is 0. The van der Waals surface area contributed by atoms with E-state index in [1.54, 1.807) is 6.07 Å². The molecule has 78 valence electrons. The van der Waals surface area contributed by atoms with E-state index < -0.39 is 23.5 Å². The van der Waals surface area contributed by atoms with Gasteiger partial charge in [0.25, 0.3) is 0 Å². The lowest BCUT2D eigenvalue weighted by Gasteiger charge is -2.04. The van der Waals surface area contributed by atoms with Crippen LogP contribution in [0.25, 0.3) is 0 Å². The van der Waals surface area contributed by atoms with Crippen LogP contribution < -0.4 is 0 Å². The molecule has 1 atom stereocenters. The van der Waals surface area contributed by atoms with E-state index in [-0.39, 0.29) is 12.0 Å². The van der Waals surface area contributed by atoms with Crippen LogP contribution in [0.15, 0.2) is 18.2 Å². The first-order valence-electron chi connectivity index (χ1n) is 4.10. The van der Waals surface area contributed by atoms with Crippen molar-refractivity contribution in [2.45, 2.75) is 6.42 Å². The molecule has 0 saturated carbocycles. The highest BCUT2D eigenvalue weighted by Gasteiger charge is 2.17. The van der Waals surface area contributed by atoms with Crippen molar-refractivity contribution < 1.29 is 18.7 Å². The molecule has 15 heavy (non-hydrogen) atoms. The van der Waals surface area contributed by atoms with Crippen LogP contribution in [0.3, 0.4) is 0 Å². The zero-order valence-corrected chi connectivity index (χ0v) is 7.58. The summed E-state index contributed by atoms with van der Waals surface area (Å²) in [5, 5.41) is 17.0. The van der Waals surface area contributed by atoms with Gasteiger partial charge < -0.3 is 5.11 Å². The number of rotatable bonds is 3. The SMILES string of the molecule is N#C[C@@H](Cc1cc(F)cc(F)c1)C(=O)O. The Morgan fingerprint density at radius 1 is 1.40 bits per heavy atom. The summed E-state index contributed by atoms with van der Waals surface area (Å²) in [4.78, 5) is 10.5. The van der Waals surface area contributed by atoms with Crippen molar-refractivity contribution in [2.75, 3.05) is 0 Å². The molecule has 0 saturated heterocycles. The fourth-order valence-corrected chi connectivity index (χ4v) is 1.15. The summed E-state index contributed by atoms with van der Waals surface area (Å²) in [6, 6.07) is 4.25. The van der Waals surface area contributed by atoms with Gasteiger partial charge in [-0.3, -0.25) is 4.79 Å². The normalized spacial score (nSPS) is 11.8. The number of nitrogens with zero attached hydrogens (tertiary/aromatic N) is 1. The largest absolute Gasteiger partial charge is 0.480 e. The van der Waals surface area contributed by atoms with E-state index in [2.05, 4.69) is 0 Å². The number of halogens is 2. The average molecular weight is 211 g/mol. The van der Waals surface area contributed by atoms with Gasteiger partial charge in [-0.15, -0.1) is 0 Å². The first kappa shape index (κ1) is 11.1. The molecule has 0 radical (unpaired) electrons. The quantitative estimate of drug-likeness (QED) is 0.828. The smallest absolute Gasteiger partial charge is 0.321 e. The topological polar surface area (TPSA) is 61.1 Å². The molecule has 1 rings (SSSR count). The first-order valence-corrected chi connectivity index (χ1v) is 4.10. The van der Waals surface area contributed by atoms with Gasteiger partial charge in [0.1, 0.15) is 17.6 Å². The van der Waals surface area contributed by atoms with Crippen LogP contribution in [-0.4, -0.2) is 11.1 Å². The molecule has 0 aliphatic carbocycles. The Bertz CT molecular complexity index is 406. The van der Waals surface area contributed by atoms with Crippen molar-refractivity contribution in [1.82, 2.24) is 0 Å². The second kappa shape index (κ2) is 4.51. The standard InChI is InChI=1S/C10H7F2NO2/c11-8-2-6(3-9(12)4-8)1-7(5-13)10(14)15/h2-4,7H,1H2,(H,14,15)/t7-/m1/s1. The van der Waals surface area contributed by atoms with Crippen molar-refractivity contribution in [3.8, 4) is 6.07 Å². The molecule has 0 aromatic heterocycles. The van der Waals surface area contributed by atoms with Crippen LogP contribution in [-0.2, 0) is 11.2 Å². The maximum atomic E-state index is 12.7. The number of aliphatic carboxylic acids is 1. The second-order valence-electron chi connectivity index (χ2n) is 3.00. The first-order chi connectivity index (χ1) is 7.02. The summed E-state index contributed by atoms with van der Waals surface area (Å²) in [5.41, 5.74) is 0.154. The Kier molecular flexibility index (Phi) is 3.34. The highest BCUT2D eigenvalue weighted by Crippen LogP contribution is 2.12. The third-order valence-electron chi connectivity index (χ3n) is 1.82. The van der Waals surface area contributed by atoms with E-state index in [1.165, 1.54) is 0 Å². The molecule has 5 heteroatoms. The van der Waals surface area contributed by atoms with E-state index in [9.17, 15) is 13.6 Å². The van der Waals surface area contributed by atoms with Gasteiger partial charge in [0, 0.05) is 6.07 Å². The third-order valence-corrected chi connectivity index (χ3v) is 1.82. The number of hydrogen-bond acceptors (Lipinski definition) is 2. The molecule has 1 N–H and O–H groups in total. The van der Waals surface area contributed by atoms with Gasteiger partial charge in [0.15, 0.2) is 0 Å². The van der Waals surface area contributed by atoms with Gasteiger partial charge in [0.05, 0.1) is 6.07 Å². The molecule has 0 bridgehead atoms. The van der Waals surface area contributed by atoms with Gasteiger partial charge in [-0.1, -0.05) is 0 Å². The number of carboxylic acid groups (broad SMARTS) is 1. The number of nitriles is 1. The maximum absolute atomic E-state index is 12.7. The molecule has 0 aliphatic rings. The van der Waals surface area contributed by atoms with Crippen LogP contribution in [0, 0.1) is 28.9 Å². The van der Waals surface area contributed by atoms with Gasteiger partial charge in [0.2, 0.25) is 0 Å². The molecule has 1 aromatic rings. The monoisotopic (exact) mass is 211 g/mol. The minimum atomic E-state index is -1.30. The maximum Gasteiger partial charge on any atom is 0.321 e. The zero-order chi connectivity index (χ0) is 11.4. The third kappa shape index (κ3) is 3.02. The van der Waals surface area contributed by atoms with Crippen molar-refractivity contribution in [2.24, 2.45) is 5.92 Å². The van der Waals surface area contributed by atoms with E-state index in [0.717, 1.165) is 12.1 Å². The molecule has 3 nitrogen and oxygen atoms in total. The lowest BCUT2D eigenvalue weighted by atomic mass is 10.0. The van der Waals surface area contributed by atoms with E-state index in [1.807, 2.05) is 0 Å². The van der Waals surface area contributed by atoms with Gasteiger partial charge in [-0.05, 0) is 24.1 Å². The van der Waals surface area contributed by atoms with Gasteiger partial charge in [-0.2, -0.15) is 5.26 Å². The highest BCUT2D eigenvalue weighted by atomic mass is 19.1. The molecule has 0 unspecified atom stereocenters. The summed E-state index contributed by atoms with van der Waals surface area (Å²) in [7, 11) is 0. The molecule has 1 aromatic carbocycles. The van der Waals surface area contributed by atoms with Gasteiger partial charge >= 0.3 is 5.97 Å². The Morgan fingerprint density at radius 2 is 1.93 bits per heavy atom. The van der Waals surface area contributed by atoms with Crippen molar-refractivity contribution in [3.05, 3.63) is 35.4 Å². The van der Waals surface area contributed by atoms with Crippen LogP contribution in [0.1, 0.15) is 5.56 Å². The molecular weight excluding hydrogens is 204 g/mol. The van der Waals surface area contributed by atoms with Crippen LogP contribution in [0.2, 0.25) is 0 Å². The Balaban J connectivity index is 2.89. The Morgan fingerprint density at radius 3 is 2.33 bits per heavy atom. The molecule has 0 fully saturated rings. The number of benzene rings is 1. The fourth-order valence-electron chi connectivity index (χ4n) is 1.15. The number of carbonyl (C=O) groups is 1. The Labute approximate surface area is 84.6 Å². The van der Waals surface area contributed by atoms with E-state index >= 15 is 0 Å². The molecule has 0 spiro atoms. The van der Waals surface area contributed by atoms with Crippen LogP contribution >= 0.6 is 0 Å². The second-order valence-corrected chi connectivity index (χ2v) is 3.00. The molecule has 0 aliphatic heterocycles. The minimum Gasteiger partial charge on any atom is -0.480 e. The average Bonchev–Trinajstić information content (AvgIpc) is 2.12. The number of carboxylic acids is 1. The lowest BCUT2D eigenvalue weighted by molar-refractivity contribution is -0.139. The van der Waals surface area contributed by atoms with Crippen LogP contribution in [0.5, 0.6) is 0 Å². The zero-order valence-electron chi connectivity index (χ0n) is 7.58. The Hall–Kier alpha value is -1.96. The predicted octanol–water partition coefficient (Wildman–Crippen LogP) is 1.73. The predicted molar refractivity (Wildman–Crippen MR) is 46.8 cm³/mol. The lowest BCUT2D eigenvalue weighted by Crippen LogP contribution is -2.14. The minimum absolute atomic E-state index is 0.154. The summed E-state index contributed by atoms with van der Waals surface area (Å²) < 4.78 is 25.4. The van der Waals surface area contributed by atoms with Crippen molar-refractivity contribution in [3.63, 3.8) is 0 Å². The number of hydrogen-bond donors (Lipinski definition) is 1. The highest BCUT2D eigenvalue weighted by molar-refractivity contribution is 5.73. The summed E-state index contributed by atoms with van der Waals surface area (Å²) in [6.07, 6.45) is -0.208. The van der Waals surface area contributed by atoms with E-state index in [0.29, 0.717) is 6.07 Å². The summed E-state index contributed by atoms with van der Waals surface area (Å²) in [6.45, 7) is 0. The molecule has 0 amide bonds. The molecular formula is C10H7F2NO2. The fraction of sp³-hybridized carbons (Fsp3) is 0.200. The van der Waals surface area contributed by atoms with Gasteiger partial charge in [-0.25, -0.2) is 8.78 Å². The van der Waals surface area contributed by atoms with E-state index in [4.69, 9.17) is 10.4 Å². The molecule has 0 heterocycles. The summed E-state index contributed by atoms with van der Waals surface area (Å²) in [5.74, 6) is -4.16.